The van der Waals surface area contributed by atoms with Crippen LogP contribution in [0.5, 0.6) is 0 Å². The topological polar surface area (TPSA) is 50.3 Å². The van der Waals surface area contributed by atoms with Crippen molar-refractivity contribution in [2.24, 2.45) is 0 Å². The fraction of sp³-hybridized carbons (Fsp3) is 0.267. The molecule has 110 valence electrons. The zero-order chi connectivity index (χ0) is 14.9. The highest BCUT2D eigenvalue weighted by Gasteiger charge is 2.29. The van der Waals surface area contributed by atoms with Gasteiger partial charge in [-0.15, -0.1) is 0 Å². The Hall–Kier alpha value is -1.59. The highest BCUT2D eigenvalue weighted by Crippen LogP contribution is 2.32. The predicted molar refractivity (Wildman–Crippen MR) is 83.2 cm³/mol. The van der Waals surface area contributed by atoms with Gasteiger partial charge in [-0.25, -0.2) is 8.42 Å². The molecule has 1 aromatic carbocycles. The van der Waals surface area contributed by atoms with Crippen LogP contribution in [0.25, 0.3) is 0 Å². The van der Waals surface area contributed by atoms with Crippen LogP contribution in [0.2, 0.25) is 5.02 Å². The Morgan fingerprint density at radius 1 is 1.14 bits per heavy atom. The summed E-state index contributed by atoms with van der Waals surface area (Å²) < 4.78 is 27.3. The van der Waals surface area contributed by atoms with Gasteiger partial charge < -0.3 is 0 Å². The van der Waals surface area contributed by atoms with Crippen LogP contribution in [0.3, 0.4) is 0 Å². The average Bonchev–Trinajstić information content (AvgIpc) is 2.70. The van der Waals surface area contributed by atoms with Gasteiger partial charge in [0.25, 0.3) is 10.0 Å². The van der Waals surface area contributed by atoms with Gasteiger partial charge in [-0.2, -0.15) is 0 Å². The fourth-order valence-electron chi connectivity index (χ4n) is 2.58. The summed E-state index contributed by atoms with van der Waals surface area (Å²) in [6.07, 6.45) is 5.49. The molecule has 0 aliphatic carbocycles. The normalized spacial score (nSPS) is 15.4. The average molecular weight is 323 g/mol. The van der Waals surface area contributed by atoms with E-state index >= 15 is 0 Å². The number of nitrogens with zero attached hydrogens (tertiary/aromatic N) is 2. The van der Waals surface area contributed by atoms with Gasteiger partial charge in [-0.3, -0.25) is 9.29 Å². The summed E-state index contributed by atoms with van der Waals surface area (Å²) >= 11 is 6.05. The Morgan fingerprint density at radius 3 is 2.76 bits per heavy atom. The predicted octanol–water partition coefficient (Wildman–Crippen LogP) is 3.27. The standard InChI is InChI=1S/C15H15ClN2O2S/c16-13-8-9-17-11-15(13)21(19,20)18-10-4-3-6-12-5-1-2-7-14(12)18/h1-2,5,7-9,11H,3-4,6,10H2. The van der Waals surface area contributed by atoms with E-state index < -0.39 is 10.0 Å². The quantitative estimate of drug-likeness (QED) is 0.852. The summed E-state index contributed by atoms with van der Waals surface area (Å²) in [6.45, 7) is 0.463. The smallest absolute Gasteiger partial charge is 0.266 e. The van der Waals surface area contributed by atoms with Crippen molar-refractivity contribution >= 4 is 27.3 Å². The number of anilines is 1. The second-order valence-electron chi connectivity index (χ2n) is 4.97. The fourth-order valence-corrected chi connectivity index (χ4v) is 4.53. The van der Waals surface area contributed by atoms with Crippen molar-refractivity contribution in [3.8, 4) is 0 Å². The summed E-state index contributed by atoms with van der Waals surface area (Å²) in [6, 6.07) is 9.12. The molecule has 0 saturated carbocycles. The van der Waals surface area contributed by atoms with Crippen LogP contribution in [0.1, 0.15) is 18.4 Å². The Balaban J connectivity index is 2.13. The summed E-state index contributed by atoms with van der Waals surface area (Å²) in [5.41, 5.74) is 1.80. The van der Waals surface area contributed by atoms with Gasteiger partial charge in [-0.1, -0.05) is 29.8 Å². The molecule has 2 aromatic rings. The molecule has 0 spiro atoms. The third-order valence-corrected chi connectivity index (χ3v) is 5.90. The van der Waals surface area contributed by atoms with E-state index in [2.05, 4.69) is 4.98 Å². The minimum Gasteiger partial charge on any atom is -0.266 e. The number of hydrogen-bond donors (Lipinski definition) is 0. The first-order chi connectivity index (χ1) is 10.1. The molecule has 0 saturated heterocycles. The number of rotatable bonds is 2. The maximum atomic E-state index is 12.9. The number of sulfonamides is 1. The van der Waals surface area contributed by atoms with Crippen LogP contribution in [0.4, 0.5) is 5.69 Å². The maximum absolute atomic E-state index is 12.9. The molecule has 0 fully saturated rings. The summed E-state index contributed by atoms with van der Waals surface area (Å²) in [5, 5.41) is 0.201. The number of hydrogen-bond acceptors (Lipinski definition) is 3. The van der Waals surface area contributed by atoms with Crippen LogP contribution in [-0.4, -0.2) is 19.9 Å². The first-order valence-corrected chi connectivity index (χ1v) is 8.62. The minimum atomic E-state index is -3.69. The third-order valence-electron chi connectivity index (χ3n) is 3.62. The van der Waals surface area contributed by atoms with E-state index in [0.717, 1.165) is 30.5 Å². The van der Waals surface area contributed by atoms with Crippen LogP contribution < -0.4 is 4.31 Å². The number of para-hydroxylation sites is 1. The van der Waals surface area contributed by atoms with E-state index in [-0.39, 0.29) is 9.92 Å². The second-order valence-corrected chi connectivity index (χ2v) is 7.21. The Labute approximate surface area is 129 Å². The summed E-state index contributed by atoms with van der Waals surface area (Å²) in [5.74, 6) is 0. The van der Waals surface area contributed by atoms with E-state index in [1.165, 1.54) is 22.8 Å². The van der Waals surface area contributed by atoms with Gasteiger partial charge in [0.1, 0.15) is 4.90 Å². The molecule has 0 unspecified atom stereocenters. The van der Waals surface area contributed by atoms with E-state index in [1.807, 2.05) is 24.3 Å². The maximum Gasteiger partial charge on any atom is 0.267 e. The highest BCUT2D eigenvalue weighted by atomic mass is 35.5. The van der Waals surface area contributed by atoms with Crippen molar-refractivity contribution in [2.75, 3.05) is 10.8 Å². The molecular formula is C15H15ClN2O2S. The minimum absolute atomic E-state index is 0.0587. The van der Waals surface area contributed by atoms with E-state index in [0.29, 0.717) is 6.54 Å². The molecule has 1 aliphatic heterocycles. The van der Waals surface area contributed by atoms with E-state index in [1.54, 1.807) is 0 Å². The number of benzene rings is 1. The van der Waals surface area contributed by atoms with Crippen molar-refractivity contribution in [3.05, 3.63) is 53.3 Å². The molecule has 2 heterocycles. The molecule has 0 bridgehead atoms. The van der Waals surface area contributed by atoms with Gasteiger partial charge >= 0.3 is 0 Å². The number of halogens is 1. The number of fused-ring (bicyclic) bond motifs is 1. The van der Waals surface area contributed by atoms with Crippen molar-refractivity contribution in [2.45, 2.75) is 24.2 Å². The SMILES string of the molecule is O=S(=O)(c1cnccc1Cl)N1CCCCc2ccccc21. The lowest BCUT2D eigenvalue weighted by Gasteiger charge is -2.24. The molecule has 3 rings (SSSR count). The van der Waals surface area contributed by atoms with Crippen LogP contribution in [-0.2, 0) is 16.4 Å². The van der Waals surface area contributed by atoms with Gasteiger partial charge in [0, 0.05) is 18.9 Å². The monoisotopic (exact) mass is 322 g/mol. The molecule has 6 heteroatoms. The highest BCUT2D eigenvalue weighted by molar-refractivity contribution is 7.93. The third kappa shape index (κ3) is 2.63. The Bertz CT molecular complexity index is 762. The first-order valence-electron chi connectivity index (χ1n) is 6.81. The summed E-state index contributed by atoms with van der Waals surface area (Å²) in [4.78, 5) is 3.95. The lowest BCUT2D eigenvalue weighted by atomic mass is 10.1. The lowest BCUT2D eigenvalue weighted by molar-refractivity contribution is 0.589. The van der Waals surface area contributed by atoms with E-state index in [9.17, 15) is 8.42 Å². The zero-order valence-corrected chi connectivity index (χ0v) is 12.9. The largest absolute Gasteiger partial charge is 0.267 e. The number of aromatic nitrogens is 1. The molecule has 0 amide bonds. The number of aryl methyl sites for hydroxylation is 1. The van der Waals surface area contributed by atoms with Crippen LogP contribution >= 0.6 is 11.6 Å². The second kappa shape index (κ2) is 5.66. The van der Waals surface area contributed by atoms with Crippen LogP contribution in [0, 0.1) is 0 Å². The molecule has 4 nitrogen and oxygen atoms in total. The first kappa shape index (κ1) is 14.4. The van der Waals surface area contributed by atoms with Crippen molar-refractivity contribution < 1.29 is 8.42 Å². The van der Waals surface area contributed by atoms with Crippen LogP contribution in [0.15, 0.2) is 47.6 Å². The van der Waals surface area contributed by atoms with Crippen molar-refractivity contribution in [3.63, 3.8) is 0 Å². The summed E-state index contributed by atoms with van der Waals surface area (Å²) in [7, 11) is -3.69. The molecule has 0 radical (unpaired) electrons. The van der Waals surface area contributed by atoms with Gasteiger partial charge in [-0.05, 0) is 37.0 Å². The molecule has 0 N–H and O–H groups in total. The van der Waals surface area contributed by atoms with Crippen molar-refractivity contribution in [1.82, 2.24) is 4.98 Å². The van der Waals surface area contributed by atoms with E-state index in [4.69, 9.17) is 11.6 Å². The Morgan fingerprint density at radius 2 is 1.95 bits per heavy atom. The molecule has 21 heavy (non-hydrogen) atoms. The molecule has 0 atom stereocenters. The lowest BCUT2D eigenvalue weighted by Crippen LogP contribution is -2.32. The van der Waals surface area contributed by atoms with Gasteiger partial charge in [0.15, 0.2) is 0 Å². The molecule has 1 aliphatic rings. The Kier molecular flexibility index (Phi) is 3.87. The van der Waals surface area contributed by atoms with Gasteiger partial charge in [0.2, 0.25) is 0 Å². The van der Waals surface area contributed by atoms with Gasteiger partial charge in [0.05, 0.1) is 10.7 Å². The molecule has 1 aromatic heterocycles. The number of pyridine rings is 1. The van der Waals surface area contributed by atoms with Crippen molar-refractivity contribution in [1.29, 1.82) is 0 Å². The molecular weight excluding hydrogens is 308 g/mol. The zero-order valence-electron chi connectivity index (χ0n) is 11.4.